The quantitative estimate of drug-likeness (QED) is 0.543. The van der Waals surface area contributed by atoms with E-state index in [0.29, 0.717) is 10.4 Å². The number of esters is 2. The highest BCUT2D eigenvalue weighted by molar-refractivity contribution is 9.10. The number of anilines is 1. The topological polar surface area (TPSA) is 94.8 Å². The number of carbonyl (C=O) groups is 3. The number of nitrogens with one attached hydrogen (secondary N) is 1. The smallest absolute Gasteiger partial charge is 0.340 e. The number of hydrogen-bond donors (Lipinski definition) is 1. The molecule has 0 aliphatic heterocycles. The summed E-state index contributed by atoms with van der Waals surface area (Å²) in [5, 5.41) is 2.52. The molecule has 2 rings (SSSR count). The number of hydrogen-bond acceptors (Lipinski definition) is 6. The lowest BCUT2D eigenvalue weighted by atomic mass is 10.2. The number of para-hydroxylation sites is 1. The zero-order chi connectivity index (χ0) is 18.9. The maximum absolute atomic E-state index is 11.9. The van der Waals surface area contributed by atoms with Gasteiger partial charge in [-0.3, -0.25) is 4.79 Å². The largest absolute Gasteiger partial charge is 0.462 e. The van der Waals surface area contributed by atoms with E-state index in [4.69, 9.17) is 13.9 Å². The van der Waals surface area contributed by atoms with Gasteiger partial charge in [0.1, 0.15) is 5.76 Å². The Morgan fingerprint density at radius 3 is 2.62 bits per heavy atom. The van der Waals surface area contributed by atoms with Gasteiger partial charge in [-0.15, -0.1) is 0 Å². The van der Waals surface area contributed by atoms with Gasteiger partial charge < -0.3 is 19.2 Å². The van der Waals surface area contributed by atoms with Crippen LogP contribution in [-0.4, -0.2) is 31.1 Å². The summed E-state index contributed by atoms with van der Waals surface area (Å²) >= 11 is 3.14. The Balaban J connectivity index is 1.88. The Kier molecular flexibility index (Phi) is 7.16. The molecule has 0 saturated heterocycles. The second-order valence-corrected chi connectivity index (χ2v) is 5.68. The van der Waals surface area contributed by atoms with E-state index in [0.717, 1.165) is 6.08 Å². The van der Waals surface area contributed by atoms with Crippen molar-refractivity contribution in [1.29, 1.82) is 0 Å². The van der Waals surface area contributed by atoms with Crippen molar-refractivity contribution in [2.24, 2.45) is 0 Å². The molecular formula is C18H16BrNO6. The summed E-state index contributed by atoms with van der Waals surface area (Å²) in [5.74, 6) is -1.37. The number of furan rings is 1. The summed E-state index contributed by atoms with van der Waals surface area (Å²) in [5.41, 5.74) is 0.500. The van der Waals surface area contributed by atoms with E-state index in [1.165, 1.54) is 12.1 Å². The monoisotopic (exact) mass is 421 g/mol. The zero-order valence-electron chi connectivity index (χ0n) is 13.9. The van der Waals surface area contributed by atoms with Gasteiger partial charge in [-0.2, -0.15) is 0 Å². The van der Waals surface area contributed by atoms with Crippen LogP contribution in [0.4, 0.5) is 5.69 Å². The minimum absolute atomic E-state index is 0.220. The molecule has 136 valence electrons. The maximum atomic E-state index is 11.9. The Bertz CT molecular complexity index is 827. The average molecular weight is 422 g/mol. The number of carbonyl (C=O) groups excluding carboxylic acids is 3. The van der Waals surface area contributed by atoms with Crippen LogP contribution in [0.1, 0.15) is 23.0 Å². The Hall–Kier alpha value is -2.87. The third kappa shape index (κ3) is 5.89. The molecule has 7 nitrogen and oxygen atoms in total. The molecule has 1 heterocycles. The maximum Gasteiger partial charge on any atom is 0.340 e. The minimum Gasteiger partial charge on any atom is -0.462 e. The first-order valence-corrected chi connectivity index (χ1v) is 8.45. The van der Waals surface area contributed by atoms with E-state index in [1.807, 2.05) is 0 Å². The van der Waals surface area contributed by atoms with E-state index >= 15 is 0 Å². The number of benzene rings is 1. The lowest BCUT2D eigenvalue weighted by Gasteiger charge is -2.10. The number of halogens is 1. The van der Waals surface area contributed by atoms with Crippen LogP contribution >= 0.6 is 15.9 Å². The predicted octanol–water partition coefficient (Wildman–Crippen LogP) is 3.41. The predicted molar refractivity (Wildman–Crippen MR) is 97.4 cm³/mol. The van der Waals surface area contributed by atoms with Gasteiger partial charge in [-0.1, -0.05) is 12.1 Å². The lowest BCUT2D eigenvalue weighted by molar-refractivity contribution is -0.142. The number of amides is 1. The summed E-state index contributed by atoms with van der Waals surface area (Å²) in [7, 11) is 0. The molecule has 0 saturated carbocycles. The molecule has 1 N–H and O–H groups in total. The van der Waals surface area contributed by atoms with Crippen LogP contribution in [0.15, 0.2) is 51.6 Å². The van der Waals surface area contributed by atoms with Gasteiger partial charge in [-0.05, 0) is 53.2 Å². The molecule has 0 spiro atoms. The Morgan fingerprint density at radius 1 is 1.15 bits per heavy atom. The average Bonchev–Trinajstić information content (AvgIpc) is 3.04. The van der Waals surface area contributed by atoms with Crippen molar-refractivity contribution >= 4 is 45.5 Å². The summed E-state index contributed by atoms with van der Waals surface area (Å²) in [6, 6.07) is 9.74. The SMILES string of the molecule is CCOC(=O)c1ccccc1NC(=O)COC(=O)/C=C/c1ccc(Br)o1. The van der Waals surface area contributed by atoms with E-state index in [1.54, 1.807) is 37.3 Å². The molecule has 2 aromatic rings. The van der Waals surface area contributed by atoms with Crippen molar-refractivity contribution < 1.29 is 28.3 Å². The first-order chi connectivity index (χ1) is 12.5. The van der Waals surface area contributed by atoms with Gasteiger partial charge in [0.05, 0.1) is 17.9 Å². The van der Waals surface area contributed by atoms with Crippen LogP contribution in [0.25, 0.3) is 6.08 Å². The standard InChI is InChI=1S/C18H16BrNO6/c1-2-24-18(23)13-5-3-4-6-14(13)20-16(21)11-25-17(22)10-8-12-7-9-15(19)26-12/h3-10H,2,11H2,1H3,(H,20,21)/b10-8+. The minimum atomic E-state index is -0.702. The molecule has 0 radical (unpaired) electrons. The summed E-state index contributed by atoms with van der Waals surface area (Å²) in [6.45, 7) is 1.41. The highest BCUT2D eigenvalue weighted by atomic mass is 79.9. The van der Waals surface area contributed by atoms with Crippen molar-refractivity contribution in [1.82, 2.24) is 0 Å². The van der Waals surface area contributed by atoms with E-state index < -0.39 is 24.5 Å². The molecule has 1 aromatic heterocycles. The van der Waals surface area contributed by atoms with Gasteiger partial charge >= 0.3 is 11.9 Å². The molecule has 0 bridgehead atoms. The molecule has 26 heavy (non-hydrogen) atoms. The van der Waals surface area contributed by atoms with Crippen molar-refractivity contribution in [3.8, 4) is 0 Å². The van der Waals surface area contributed by atoms with E-state index in [2.05, 4.69) is 21.2 Å². The fourth-order valence-electron chi connectivity index (χ4n) is 1.92. The number of ether oxygens (including phenoxy) is 2. The van der Waals surface area contributed by atoms with Crippen LogP contribution in [0, 0.1) is 0 Å². The highest BCUT2D eigenvalue weighted by Gasteiger charge is 2.14. The van der Waals surface area contributed by atoms with Gasteiger partial charge in [0, 0.05) is 6.08 Å². The normalized spacial score (nSPS) is 10.5. The Morgan fingerprint density at radius 2 is 1.92 bits per heavy atom. The van der Waals surface area contributed by atoms with Crippen molar-refractivity contribution in [3.63, 3.8) is 0 Å². The van der Waals surface area contributed by atoms with Crippen molar-refractivity contribution in [2.75, 3.05) is 18.5 Å². The molecule has 1 aromatic carbocycles. The van der Waals surface area contributed by atoms with Gasteiger partial charge in [-0.25, -0.2) is 9.59 Å². The van der Waals surface area contributed by atoms with Crippen LogP contribution in [0.2, 0.25) is 0 Å². The zero-order valence-corrected chi connectivity index (χ0v) is 15.4. The number of rotatable bonds is 7. The summed E-state index contributed by atoms with van der Waals surface area (Å²) in [6.07, 6.45) is 2.56. The molecule has 0 unspecified atom stereocenters. The van der Waals surface area contributed by atoms with Gasteiger partial charge in [0.25, 0.3) is 5.91 Å². The first kappa shape index (κ1) is 19.5. The third-order valence-corrected chi connectivity index (χ3v) is 3.45. The molecular weight excluding hydrogens is 406 g/mol. The molecule has 0 atom stereocenters. The second kappa shape index (κ2) is 9.57. The third-order valence-electron chi connectivity index (χ3n) is 3.02. The fourth-order valence-corrected chi connectivity index (χ4v) is 2.24. The van der Waals surface area contributed by atoms with Crippen LogP contribution in [-0.2, 0) is 19.1 Å². The fraction of sp³-hybridized carbons (Fsp3) is 0.167. The van der Waals surface area contributed by atoms with Crippen molar-refractivity contribution in [2.45, 2.75) is 6.92 Å². The summed E-state index contributed by atoms with van der Waals surface area (Å²) in [4.78, 5) is 35.4. The Labute approximate surface area is 158 Å². The van der Waals surface area contributed by atoms with Crippen LogP contribution in [0.3, 0.4) is 0 Å². The van der Waals surface area contributed by atoms with E-state index in [9.17, 15) is 14.4 Å². The highest BCUT2D eigenvalue weighted by Crippen LogP contribution is 2.16. The van der Waals surface area contributed by atoms with E-state index in [-0.39, 0.29) is 17.9 Å². The lowest BCUT2D eigenvalue weighted by Crippen LogP contribution is -2.21. The molecule has 0 aliphatic carbocycles. The van der Waals surface area contributed by atoms with Gasteiger partial charge in [0.15, 0.2) is 11.3 Å². The molecule has 0 aliphatic rings. The summed E-state index contributed by atoms with van der Waals surface area (Å²) < 4.78 is 15.5. The van der Waals surface area contributed by atoms with Crippen LogP contribution in [0.5, 0.6) is 0 Å². The van der Waals surface area contributed by atoms with Crippen LogP contribution < -0.4 is 5.32 Å². The first-order valence-electron chi connectivity index (χ1n) is 7.65. The molecule has 8 heteroatoms. The molecule has 0 fully saturated rings. The second-order valence-electron chi connectivity index (χ2n) is 4.90. The van der Waals surface area contributed by atoms with Crippen molar-refractivity contribution in [3.05, 3.63) is 58.5 Å². The van der Waals surface area contributed by atoms with Gasteiger partial charge in [0.2, 0.25) is 0 Å². The molecule has 1 amide bonds.